The fourth-order valence-corrected chi connectivity index (χ4v) is 7.76. The zero-order valence-corrected chi connectivity index (χ0v) is 24.8. The number of aromatic hydroxyl groups is 1. The molecule has 8 rings (SSSR count). The number of likely N-dealkylation sites (tertiary alicyclic amines) is 1. The van der Waals surface area contributed by atoms with Crippen LogP contribution in [0, 0.1) is 11.6 Å². The van der Waals surface area contributed by atoms with Gasteiger partial charge in [0.25, 0.3) is 0 Å². The molecule has 0 radical (unpaired) electrons. The Hall–Kier alpha value is -3.27. The maximum Gasteiger partial charge on any atom is 0.319 e. The number of aromatic nitrogens is 2. The number of piperazine rings is 1. The second-order valence-electron chi connectivity index (χ2n) is 12.7. The van der Waals surface area contributed by atoms with Gasteiger partial charge < -0.3 is 25.0 Å². The molecule has 224 valence electrons. The lowest BCUT2D eigenvalue weighted by Gasteiger charge is -2.34. The van der Waals surface area contributed by atoms with E-state index in [-0.39, 0.29) is 45.6 Å². The number of hydrogen-bond acceptors (Lipinski definition) is 7. The summed E-state index contributed by atoms with van der Waals surface area (Å²) in [4.78, 5) is 13.9. The smallest absolute Gasteiger partial charge is 0.319 e. The van der Waals surface area contributed by atoms with Crippen molar-refractivity contribution in [1.82, 2.24) is 20.2 Å². The Bertz CT molecular complexity index is 1750. The van der Waals surface area contributed by atoms with Gasteiger partial charge in [-0.2, -0.15) is 9.97 Å². The van der Waals surface area contributed by atoms with Gasteiger partial charge >= 0.3 is 6.01 Å². The highest BCUT2D eigenvalue weighted by Crippen LogP contribution is 2.49. The molecule has 10 heteroatoms. The van der Waals surface area contributed by atoms with Gasteiger partial charge in [-0.3, -0.25) is 0 Å². The van der Waals surface area contributed by atoms with Crippen molar-refractivity contribution in [2.45, 2.75) is 62.6 Å². The number of likely N-dealkylation sites (N-methyl/N-ethyl adjacent to an activating group) is 1. The van der Waals surface area contributed by atoms with Crippen molar-refractivity contribution in [2.75, 3.05) is 38.2 Å². The van der Waals surface area contributed by atoms with Gasteiger partial charge in [-0.1, -0.05) is 17.7 Å². The van der Waals surface area contributed by atoms with E-state index in [9.17, 15) is 5.11 Å². The second-order valence-corrected chi connectivity index (χ2v) is 13.1. The molecule has 2 unspecified atom stereocenters. The molecule has 0 spiro atoms. The van der Waals surface area contributed by atoms with E-state index in [1.807, 2.05) is 0 Å². The van der Waals surface area contributed by atoms with Gasteiger partial charge in [-0.25, -0.2) is 8.78 Å². The molecule has 43 heavy (non-hydrogen) atoms. The number of rotatable bonds is 6. The molecule has 2 bridgehead atoms. The molecular weight excluding hydrogens is 572 g/mol. The Morgan fingerprint density at radius 1 is 1.05 bits per heavy atom. The zero-order valence-electron chi connectivity index (χ0n) is 24.0. The molecule has 0 amide bonds. The van der Waals surface area contributed by atoms with E-state index in [1.165, 1.54) is 12.1 Å². The molecule has 3 atom stereocenters. The minimum absolute atomic E-state index is 0.0456. The van der Waals surface area contributed by atoms with Crippen molar-refractivity contribution in [3.8, 4) is 22.9 Å². The topological polar surface area (TPSA) is 73.8 Å². The van der Waals surface area contributed by atoms with Crippen LogP contribution in [0.1, 0.15) is 50.0 Å². The molecule has 2 N–H and O–H groups in total. The van der Waals surface area contributed by atoms with E-state index in [0.717, 1.165) is 58.2 Å². The number of fused-ring (bicyclic) bond motifs is 4. The van der Waals surface area contributed by atoms with Crippen LogP contribution in [0.2, 0.25) is 5.02 Å². The maximum atomic E-state index is 17.0. The van der Waals surface area contributed by atoms with Crippen LogP contribution in [0.5, 0.6) is 11.8 Å². The summed E-state index contributed by atoms with van der Waals surface area (Å²) in [6.45, 7) is 2.92. The van der Waals surface area contributed by atoms with Crippen LogP contribution in [0.3, 0.4) is 0 Å². The Balaban J connectivity index is 1.32. The van der Waals surface area contributed by atoms with Crippen LogP contribution in [0.15, 0.2) is 30.3 Å². The number of halogens is 3. The summed E-state index contributed by atoms with van der Waals surface area (Å²) in [7, 11) is 2.08. The highest BCUT2D eigenvalue weighted by molar-refractivity contribution is 6.35. The van der Waals surface area contributed by atoms with Gasteiger partial charge in [0.15, 0.2) is 5.82 Å². The predicted molar refractivity (Wildman–Crippen MR) is 164 cm³/mol. The van der Waals surface area contributed by atoms with Crippen molar-refractivity contribution in [3.63, 3.8) is 0 Å². The molecule has 4 heterocycles. The average Bonchev–Trinajstić information content (AvgIpc) is 3.65. The number of nitrogens with one attached hydrogen (secondary N) is 1. The summed E-state index contributed by atoms with van der Waals surface area (Å²) in [6.07, 6.45) is 6.04. The highest BCUT2D eigenvalue weighted by Gasteiger charge is 2.35. The number of phenolic OH excluding ortho intramolecular Hbond substituents is 1. The van der Waals surface area contributed by atoms with E-state index in [1.54, 1.807) is 18.2 Å². The molecule has 3 saturated heterocycles. The van der Waals surface area contributed by atoms with Gasteiger partial charge in [0.05, 0.1) is 5.02 Å². The molecule has 1 aromatic heterocycles. The summed E-state index contributed by atoms with van der Waals surface area (Å²) in [5, 5.41) is 16.2. The molecule has 4 aliphatic rings. The van der Waals surface area contributed by atoms with Crippen molar-refractivity contribution in [1.29, 1.82) is 0 Å². The Morgan fingerprint density at radius 2 is 1.84 bits per heavy atom. The lowest BCUT2D eigenvalue weighted by atomic mass is 9.91. The van der Waals surface area contributed by atoms with Gasteiger partial charge in [-0.15, -0.1) is 0 Å². The van der Waals surface area contributed by atoms with Gasteiger partial charge in [0.1, 0.15) is 29.5 Å². The maximum absolute atomic E-state index is 17.0. The zero-order chi connectivity index (χ0) is 29.4. The van der Waals surface area contributed by atoms with Crippen LogP contribution in [-0.2, 0) is 0 Å². The number of hydrogen-bond donors (Lipinski definition) is 2. The third-order valence-corrected chi connectivity index (χ3v) is 10.1. The molecule has 1 saturated carbocycles. The number of anilines is 1. The van der Waals surface area contributed by atoms with E-state index in [2.05, 4.69) is 27.1 Å². The molecular formula is C33H34ClF2N5O2. The number of phenols is 1. The van der Waals surface area contributed by atoms with Crippen molar-refractivity contribution >= 4 is 39.1 Å². The predicted octanol–water partition coefficient (Wildman–Crippen LogP) is 6.38. The number of ether oxygens (including phenoxy) is 1. The van der Waals surface area contributed by atoms with E-state index >= 15 is 8.78 Å². The monoisotopic (exact) mass is 605 g/mol. The van der Waals surface area contributed by atoms with Crippen molar-refractivity contribution < 1.29 is 18.6 Å². The first-order chi connectivity index (χ1) is 20.8. The normalized spacial score (nSPS) is 24.0. The van der Waals surface area contributed by atoms with Crippen molar-refractivity contribution in [3.05, 3.63) is 52.6 Å². The summed E-state index contributed by atoms with van der Waals surface area (Å²) < 4.78 is 38.4. The molecule has 4 aromatic rings. The average molecular weight is 606 g/mol. The molecule has 3 aliphatic heterocycles. The minimum Gasteiger partial charge on any atom is -0.508 e. The summed E-state index contributed by atoms with van der Waals surface area (Å²) >= 11 is 6.93. The standard InChI is InChI=1S/C33H34ClF2N5O2/c1-40-10-2-3-21(40)16-43-33-38-31-24(32(39-33)41-14-19-7-8-20(15-41)37-19)13-25(34)29(30(31)36)23-12-22(42)11-18-6-9-26(35)28(27(18)23)17-4-5-17/h6,9,11-13,17,19-21,37,42H,2-5,7-8,10,14-16H2,1H3/t19?,20?,21-/m0/s1. The lowest BCUT2D eigenvalue weighted by Crippen LogP contribution is -2.51. The lowest BCUT2D eigenvalue weighted by molar-refractivity contribution is 0.188. The summed E-state index contributed by atoms with van der Waals surface area (Å²) in [5.41, 5.74) is 1.10. The van der Waals surface area contributed by atoms with Gasteiger partial charge in [0.2, 0.25) is 0 Å². The highest BCUT2D eigenvalue weighted by atomic mass is 35.5. The quantitative estimate of drug-likeness (QED) is 0.264. The minimum atomic E-state index is -0.634. The van der Waals surface area contributed by atoms with Crippen LogP contribution in [0.4, 0.5) is 14.6 Å². The fourth-order valence-electron chi connectivity index (χ4n) is 7.46. The van der Waals surface area contributed by atoms with Crippen LogP contribution < -0.4 is 15.0 Å². The van der Waals surface area contributed by atoms with E-state index in [0.29, 0.717) is 51.8 Å². The first-order valence-electron chi connectivity index (χ1n) is 15.3. The van der Waals surface area contributed by atoms with Crippen LogP contribution in [0.25, 0.3) is 32.8 Å². The Labute approximate surface area is 253 Å². The van der Waals surface area contributed by atoms with E-state index in [4.69, 9.17) is 21.3 Å². The molecule has 7 nitrogen and oxygen atoms in total. The Kier molecular flexibility index (Phi) is 6.62. The number of nitrogens with zero attached hydrogens (tertiary/aromatic N) is 4. The van der Waals surface area contributed by atoms with Crippen LogP contribution >= 0.6 is 11.6 Å². The molecule has 4 fully saturated rings. The fraction of sp³-hybridized carbons (Fsp3) is 0.455. The van der Waals surface area contributed by atoms with E-state index < -0.39 is 5.82 Å². The third-order valence-electron chi connectivity index (χ3n) is 9.78. The number of benzene rings is 3. The SMILES string of the molecule is CN1CCC[C@H]1COc1nc(N2CC3CCC(C2)N3)c2cc(Cl)c(-c3cc(O)cc4ccc(F)c(C5CC5)c34)c(F)c2n1. The summed E-state index contributed by atoms with van der Waals surface area (Å²) in [6, 6.07) is 8.89. The largest absolute Gasteiger partial charge is 0.508 e. The Morgan fingerprint density at radius 3 is 2.56 bits per heavy atom. The third kappa shape index (κ3) is 4.76. The van der Waals surface area contributed by atoms with Crippen LogP contribution in [-0.4, -0.2) is 71.4 Å². The van der Waals surface area contributed by atoms with Gasteiger partial charge in [0, 0.05) is 42.2 Å². The first-order valence-corrected chi connectivity index (χ1v) is 15.7. The molecule has 3 aromatic carbocycles. The first kappa shape index (κ1) is 27.3. The molecule has 1 aliphatic carbocycles. The summed E-state index contributed by atoms with van der Waals surface area (Å²) in [5.74, 6) is -0.346. The van der Waals surface area contributed by atoms with Crippen molar-refractivity contribution in [2.24, 2.45) is 0 Å². The second kappa shape index (κ2) is 10.4. The van der Waals surface area contributed by atoms with Gasteiger partial charge in [-0.05, 0) is 104 Å².